The number of aliphatic carboxylic acids is 1. The van der Waals surface area contributed by atoms with Crippen molar-refractivity contribution in [3.05, 3.63) is 46.2 Å². The zero-order valence-electron chi connectivity index (χ0n) is 15.6. The summed E-state index contributed by atoms with van der Waals surface area (Å²) in [4.78, 5) is 24.7. The molecular weight excluding hydrogens is 470 g/mol. The van der Waals surface area contributed by atoms with Crippen molar-refractivity contribution in [3.63, 3.8) is 0 Å². The van der Waals surface area contributed by atoms with Gasteiger partial charge in [-0.15, -0.1) is 4.83 Å². The number of ether oxygens (including phenoxy) is 2. The molecule has 2 rings (SSSR count). The molecule has 0 atom stereocenters. The second kappa shape index (κ2) is 9.11. The van der Waals surface area contributed by atoms with E-state index in [-0.39, 0.29) is 27.7 Å². The van der Waals surface area contributed by atoms with Crippen molar-refractivity contribution in [1.29, 1.82) is 0 Å². The van der Waals surface area contributed by atoms with E-state index in [0.29, 0.717) is 4.47 Å². The Morgan fingerprint density at radius 1 is 1.21 bits per heavy atom. The van der Waals surface area contributed by atoms with E-state index in [1.54, 1.807) is 13.2 Å². The van der Waals surface area contributed by atoms with Gasteiger partial charge in [0.15, 0.2) is 11.5 Å². The predicted molar refractivity (Wildman–Crippen MR) is 107 cm³/mol. The number of carbonyl (C=O) groups excluding carboxylic acids is 1. The molecule has 0 radical (unpaired) electrons. The first-order valence-corrected chi connectivity index (χ1v) is 10.2. The molecule has 2 aromatic rings. The van der Waals surface area contributed by atoms with Crippen molar-refractivity contribution in [2.24, 2.45) is 7.05 Å². The summed E-state index contributed by atoms with van der Waals surface area (Å²) < 4.78 is 38.0. The van der Waals surface area contributed by atoms with E-state index in [9.17, 15) is 18.0 Å². The summed E-state index contributed by atoms with van der Waals surface area (Å²) in [5, 5.41) is 8.78. The number of benzene rings is 1. The zero-order chi connectivity index (χ0) is 21.8. The average molecular weight is 488 g/mol. The van der Waals surface area contributed by atoms with Gasteiger partial charge in [-0.1, -0.05) is 0 Å². The van der Waals surface area contributed by atoms with Gasteiger partial charge in [-0.2, -0.15) is 0 Å². The number of rotatable bonds is 8. The molecule has 29 heavy (non-hydrogen) atoms. The lowest BCUT2D eigenvalue weighted by molar-refractivity contribution is -0.131. The highest BCUT2D eigenvalue weighted by molar-refractivity contribution is 9.10. The van der Waals surface area contributed by atoms with Crippen LogP contribution in [-0.4, -0.2) is 44.2 Å². The summed E-state index contributed by atoms with van der Waals surface area (Å²) in [7, 11) is -0.109. The quantitative estimate of drug-likeness (QED) is 0.379. The first kappa shape index (κ1) is 22.5. The molecule has 1 aromatic carbocycles. The van der Waals surface area contributed by atoms with Crippen LogP contribution >= 0.6 is 15.9 Å². The Kier molecular flexibility index (Phi) is 7.06. The Balaban J connectivity index is 2.39. The van der Waals surface area contributed by atoms with Crippen molar-refractivity contribution >= 4 is 43.9 Å². The molecule has 10 nitrogen and oxygen atoms in total. The molecule has 0 saturated heterocycles. The third-order valence-corrected chi connectivity index (χ3v) is 5.36. The fourth-order valence-corrected chi connectivity index (χ4v) is 3.98. The van der Waals surface area contributed by atoms with Crippen LogP contribution in [0, 0.1) is 0 Å². The Bertz CT molecular complexity index is 1080. The monoisotopic (exact) mass is 487 g/mol. The fourth-order valence-electron chi connectivity index (χ4n) is 2.40. The Labute approximate surface area is 175 Å². The number of aryl methyl sites for hydroxylation is 1. The van der Waals surface area contributed by atoms with Crippen LogP contribution in [0.5, 0.6) is 11.5 Å². The molecule has 0 aliphatic rings. The number of methoxy groups -OCH3 is 2. The first-order valence-electron chi connectivity index (χ1n) is 7.90. The van der Waals surface area contributed by atoms with Crippen LogP contribution in [0.2, 0.25) is 0 Å². The minimum Gasteiger partial charge on any atom is -0.493 e. The van der Waals surface area contributed by atoms with Crippen LogP contribution < -0.4 is 19.7 Å². The minimum atomic E-state index is -4.30. The number of carboxylic acid groups (broad SMARTS) is 1. The largest absolute Gasteiger partial charge is 0.493 e. The van der Waals surface area contributed by atoms with E-state index in [2.05, 4.69) is 21.4 Å². The summed E-state index contributed by atoms with van der Waals surface area (Å²) in [6, 6.07) is 4.12. The van der Waals surface area contributed by atoms with E-state index >= 15 is 0 Å². The molecule has 0 saturated carbocycles. The number of nitrogens with one attached hydrogen (secondary N) is 2. The topological polar surface area (TPSA) is 136 Å². The highest BCUT2D eigenvalue weighted by Crippen LogP contribution is 2.35. The van der Waals surface area contributed by atoms with E-state index in [4.69, 9.17) is 14.6 Å². The van der Waals surface area contributed by atoms with Crippen molar-refractivity contribution in [3.8, 4) is 11.5 Å². The van der Waals surface area contributed by atoms with E-state index in [1.165, 1.54) is 43.1 Å². The van der Waals surface area contributed by atoms with Gasteiger partial charge in [-0.05, 0) is 45.8 Å². The second-order valence-electron chi connectivity index (χ2n) is 5.64. The fraction of sp³-hybridized carbons (Fsp3) is 0.176. The average Bonchev–Trinajstić information content (AvgIpc) is 3.01. The van der Waals surface area contributed by atoms with Crippen molar-refractivity contribution in [2.45, 2.75) is 4.90 Å². The third-order valence-electron chi connectivity index (χ3n) is 3.68. The number of halogens is 1. The number of sulfonamides is 1. The summed E-state index contributed by atoms with van der Waals surface area (Å²) >= 11 is 3.23. The van der Waals surface area contributed by atoms with Gasteiger partial charge in [0, 0.05) is 23.8 Å². The minimum absolute atomic E-state index is 0.0677. The summed E-state index contributed by atoms with van der Waals surface area (Å²) in [6.45, 7) is 0. The predicted octanol–water partition coefficient (Wildman–Crippen LogP) is 1.53. The molecule has 12 heteroatoms. The molecule has 0 aliphatic heterocycles. The van der Waals surface area contributed by atoms with Gasteiger partial charge < -0.3 is 19.1 Å². The number of amides is 1. The second-order valence-corrected chi connectivity index (χ2v) is 8.21. The van der Waals surface area contributed by atoms with Crippen molar-refractivity contribution < 1.29 is 32.6 Å². The van der Waals surface area contributed by atoms with Crippen molar-refractivity contribution in [1.82, 2.24) is 14.8 Å². The summed E-state index contributed by atoms with van der Waals surface area (Å²) in [5.74, 6) is -1.93. The number of carbonyl (C=O) groups is 2. The van der Waals surface area contributed by atoms with Gasteiger partial charge in [-0.25, -0.2) is 13.2 Å². The molecule has 0 bridgehead atoms. The molecule has 156 valence electrons. The van der Waals surface area contributed by atoms with Crippen LogP contribution in [0.1, 0.15) is 16.1 Å². The summed E-state index contributed by atoms with van der Waals surface area (Å²) in [5.41, 5.74) is 2.57. The standard InChI is InChI=1S/C17H18BrN3O7S/c1-21-9-11(18)8-12(21)17(24)19-20-29(25,26)14-7-10(4-5-15(22)23)6-13(27-2)16(14)28-3/h4-9,20H,1-3H3,(H,19,24)(H,22,23). The normalized spacial score (nSPS) is 11.4. The smallest absolute Gasteiger partial charge is 0.328 e. The molecule has 0 aliphatic carbocycles. The van der Waals surface area contributed by atoms with Crippen LogP contribution in [0.3, 0.4) is 0 Å². The number of hydrogen-bond donors (Lipinski definition) is 3. The van der Waals surface area contributed by atoms with E-state index in [0.717, 1.165) is 6.08 Å². The lowest BCUT2D eigenvalue weighted by Crippen LogP contribution is -2.42. The number of carboxylic acids is 1. The van der Waals surface area contributed by atoms with Gasteiger partial charge in [-0.3, -0.25) is 10.2 Å². The highest BCUT2D eigenvalue weighted by Gasteiger charge is 2.25. The van der Waals surface area contributed by atoms with E-state index in [1.807, 2.05) is 4.83 Å². The Hall–Kier alpha value is -2.83. The lowest BCUT2D eigenvalue weighted by Gasteiger charge is -2.15. The van der Waals surface area contributed by atoms with Gasteiger partial charge in [0.05, 0.1) is 14.2 Å². The van der Waals surface area contributed by atoms with Gasteiger partial charge in [0.1, 0.15) is 10.6 Å². The van der Waals surface area contributed by atoms with Crippen LogP contribution in [0.4, 0.5) is 0 Å². The number of hydrogen-bond acceptors (Lipinski definition) is 6. The molecule has 1 amide bonds. The van der Waals surface area contributed by atoms with Crippen LogP contribution in [0.25, 0.3) is 6.08 Å². The maximum Gasteiger partial charge on any atom is 0.328 e. The van der Waals surface area contributed by atoms with E-state index < -0.39 is 21.9 Å². The van der Waals surface area contributed by atoms with Crippen molar-refractivity contribution in [2.75, 3.05) is 14.2 Å². The number of hydrazine groups is 1. The Morgan fingerprint density at radius 2 is 1.90 bits per heavy atom. The maximum absolute atomic E-state index is 12.8. The molecule has 0 unspecified atom stereocenters. The molecular formula is C17H18BrN3O7S. The first-order chi connectivity index (χ1) is 13.6. The zero-order valence-corrected chi connectivity index (χ0v) is 18.0. The highest BCUT2D eigenvalue weighted by atomic mass is 79.9. The van der Waals surface area contributed by atoms with Crippen LogP contribution in [0.15, 0.2) is 39.8 Å². The van der Waals surface area contributed by atoms with Gasteiger partial charge in [0.25, 0.3) is 15.9 Å². The van der Waals surface area contributed by atoms with Gasteiger partial charge >= 0.3 is 5.97 Å². The SMILES string of the molecule is COc1cc(C=CC(=O)O)cc(S(=O)(=O)NNC(=O)c2cc(Br)cn2C)c1OC. The lowest BCUT2D eigenvalue weighted by atomic mass is 10.2. The maximum atomic E-state index is 12.8. The Morgan fingerprint density at radius 3 is 2.41 bits per heavy atom. The summed E-state index contributed by atoms with van der Waals surface area (Å²) in [6.07, 6.45) is 3.68. The van der Waals surface area contributed by atoms with Gasteiger partial charge in [0.2, 0.25) is 0 Å². The molecule has 1 aromatic heterocycles. The molecule has 3 N–H and O–H groups in total. The third kappa shape index (κ3) is 5.37. The number of aromatic nitrogens is 1. The molecule has 0 fully saturated rings. The molecule has 0 spiro atoms. The van der Waals surface area contributed by atoms with Crippen LogP contribution in [-0.2, 0) is 21.9 Å². The number of nitrogens with zero attached hydrogens (tertiary/aromatic N) is 1. The molecule has 1 heterocycles.